The summed E-state index contributed by atoms with van der Waals surface area (Å²) in [7, 11) is 0.274. The molecule has 2 aromatic carbocycles. The summed E-state index contributed by atoms with van der Waals surface area (Å²) in [5.41, 5.74) is 9.62. The fourth-order valence-electron chi connectivity index (χ4n) is 3.58. The number of aromatic nitrogens is 2. The van der Waals surface area contributed by atoms with Crippen LogP contribution in [-0.4, -0.2) is 49.5 Å². The number of nitrogens with two attached hydrogens (primary N) is 1. The maximum absolute atomic E-state index is 13.2. The van der Waals surface area contributed by atoms with E-state index < -0.39 is 10.0 Å². The number of nitrogen functional groups attached to an aromatic ring is 1. The molecule has 0 spiro atoms. The highest BCUT2D eigenvalue weighted by Crippen LogP contribution is 2.31. The van der Waals surface area contributed by atoms with Crippen molar-refractivity contribution in [3.63, 3.8) is 0 Å². The van der Waals surface area contributed by atoms with E-state index in [1.807, 2.05) is 51.4 Å². The third-order valence-electron chi connectivity index (χ3n) is 5.43. The van der Waals surface area contributed by atoms with Crippen molar-refractivity contribution in [3.05, 3.63) is 72.6 Å². The Bertz CT molecular complexity index is 1360. The van der Waals surface area contributed by atoms with E-state index in [0.717, 1.165) is 39.4 Å². The van der Waals surface area contributed by atoms with Gasteiger partial charge in [-0.05, 0) is 63.3 Å². The minimum absolute atomic E-state index is 0.192. The van der Waals surface area contributed by atoms with E-state index in [1.165, 1.54) is 6.20 Å². The summed E-state index contributed by atoms with van der Waals surface area (Å²) in [5, 5.41) is 0.590. The van der Waals surface area contributed by atoms with Gasteiger partial charge < -0.3 is 15.4 Å². The molecule has 2 heterocycles. The second-order valence-corrected chi connectivity index (χ2v) is 10.1. The lowest BCUT2D eigenvalue weighted by atomic mass is 10.1. The van der Waals surface area contributed by atoms with Crippen LogP contribution in [0.15, 0.2) is 71.9 Å². The van der Waals surface area contributed by atoms with Crippen molar-refractivity contribution in [2.75, 3.05) is 33.0 Å². The first-order chi connectivity index (χ1) is 15.8. The molecule has 8 heteroatoms. The van der Waals surface area contributed by atoms with Crippen molar-refractivity contribution < 1.29 is 13.2 Å². The van der Waals surface area contributed by atoms with Crippen molar-refractivity contribution in [2.45, 2.75) is 18.2 Å². The van der Waals surface area contributed by atoms with Gasteiger partial charge in [0, 0.05) is 29.9 Å². The van der Waals surface area contributed by atoms with E-state index in [-0.39, 0.29) is 4.90 Å². The van der Waals surface area contributed by atoms with Crippen LogP contribution in [0.3, 0.4) is 0 Å². The predicted molar refractivity (Wildman–Crippen MR) is 132 cm³/mol. The molecule has 0 atom stereocenters. The van der Waals surface area contributed by atoms with Crippen LogP contribution in [0.2, 0.25) is 0 Å². The van der Waals surface area contributed by atoms with Crippen LogP contribution in [0, 0.1) is 6.92 Å². The van der Waals surface area contributed by atoms with Crippen molar-refractivity contribution >= 4 is 26.7 Å². The zero-order chi connectivity index (χ0) is 23.6. The van der Waals surface area contributed by atoms with Crippen molar-refractivity contribution in [1.29, 1.82) is 0 Å². The molecule has 0 aliphatic carbocycles. The molecule has 2 aromatic heterocycles. The molecule has 0 radical (unpaired) electrons. The number of hydrogen-bond acceptors (Lipinski definition) is 6. The molecular weight excluding hydrogens is 436 g/mol. The van der Waals surface area contributed by atoms with Gasteiger partial charge in [-0.25, -0.2) is 17.4 Å². The topological polar surface area (TPSA) is 90.5 Å². The first-order valence-corrected chi connectivity index (χ1v) is 12.2. The van der Waals surface area contributed by atoms with E-state index in [4.69, 9.17) is 10.5 Å². The number of anilines is 1. The Balaban J connectivity index is 1.59. The van der Waals surface area contributed by atoms with Gasteiger partial charge in [0.05, 0.1) is 17.2 Å². The average Bonchev–Trinajstić information content (AvgIpc) is 3.14. The number of benzene rings is 2. The lowest BCUT2D eigenvalue weighted by Crippen LogP contribution is -2.15. The van der Waals surface area contributed by atoms with Crippen LogP contribution in [0.4, 0.5) is 5.69 Å². The molecule has 7 nitrogen and oxygen atoms in total. The quantitative estimate of drug-likeness (QED) is 0.394. The third kappa shape index (κ3) is 4.86. The summed E-state index contributed by atoms with van der Waals surface area (Å²) in [4.78, 5) is 6.77. The average molecular weight is 465 g/mol. The molecule has 4 aromatic rings. The Hall–Kier alpha value is -3.36. The molecule has 0 unspecified atom stereocenters. The van der Waals surface area contributed by atoms with Crippen LogP contribution in [-0.2, 0) is 10.0 Å². The Morgan fingerprint density at radius 1 is 1.03 bits per heavy atom. The van der Waals surface area contributed by atoms with E-state index in [2.05, 4.69) is 9.88 Å². The van der Waals surface area contributed by atoms with Crippen LogP contribution in [0.25, 0.3) is 22.2 Å². The van der Waals surface area contributed by atoms with Crippen LogP contribution >= 0.6 is 0 Å². The first kappa shape index (κ1) is 22.8. The molecule has 0 fully saturated rings. The van der Waals surface area contributed by atoms with Gasteiger partial charge in [0.2, 0.25) is 0 Å². The number of aryl methyl sites for hydroxylation is 1. The highest BCUT2D eigenvalue weighted by Gasteiger charge is 2.21. The van der Waals surface area contributed by atoms with Gasteiger partial charge in [-0.3, -0.25) is 0 Å². The number of hydrogen-bond donors (Lipinski definition) is 1. The molecular formula is C25H28N4O3S. The van der Waals surface area contributed by atoms with Gasteiger partial charge >= 0.3 is 0 Å². The Labute approximate surface area is 194 Å². The molecule has 0 aliphatic heterocycles. The van der Waals surface area contributed by atoms with Gasteiger partial charge in [-0.15, -0.1) is 0 Å². The number of nitrogens with zero attached hydrogens (tertiary/aromatic N) is 3. The minimum atomic E-state index is -3.81. The van der Waals surface area contributed by atoms with E-state index in [0.29, 0.717) is 23.3 Å². The molecule has 0 saturated heterocycles. The largest absolute Gasteiger partial charge is 0.494 e. The van der Waals surface area contributed by atoms with Gasteiger partial charge in [-0.1, -0.05) is 29.8 Å². The maximum Gasteiger partial charge on any atom is 0.269 e. The van der Waals surface area contributed by atoms with Crippen molar-refractivity contribution in [3.8, 4) is 16.9 Å². The third-order valence-corrected chi connectivity index (χ3v) is 7.09. The molecule has 33 heavy (non-hydrogen) atoms. The molecule has 4 rings (SSSR count). The number of rotatable bonds is 8. The van der Waals surface area contributed by atoms with Gasteiger partial charge in [0.15, 0.2) is 5.65 Å². The molecule has 0 amide bonds. The molecule has 0 aliphatic rings. The molecule has 0 saturated carbocycles. The SMILES string of the molecule is Cc1ccc(S(=O)(=O)n2cc(N)c3cc(-c4ccc(OCCCN(C)C)cc4)cnc32)cc1. The summed E-state index contributed by atoms with van der Waals surface area (Å²) >= 11 is 0. The molecule has 0 bridgehead atoms. The van der Waals surface area contributed by atoms with Gasteiger partial charge in [-0.2, -0.15) is 0 Å². The van der Waals surface area contributed by atoms with Gasteiger partial charge in [0.1, 0.15) is 5.75 Å². The Morgan fingerprint density at radius 3 is 2.39 bits per heavy atom. The number of fused-ring (bicyclic) bond motifs is 1. The van der Waals surface area contributed by atoms with Crippen molar-refractivity contribution in [1.82, 2.24) is 13.9 Å². The van der Waals surface area contributed by atoms with Crippen LogP contribution < -0.4 is 10.5 Å². The van der Waals surface area contributed by atoms with E-state index >= 15 is 0 Å². The van der Waals surface area contributed by atoms with Crippen LogP contribution in [0.5, 0.6) is 5.75 Å². The fraction of sp³-hybridized carbons (Fsp3) is 0.240. The maximum atomic E-state index is 13.2. The van der Waals surface area contributed by atoms with E-state index in [1.54, 1.807) is 30.5 Å². The van der Waals surface area contributed by atoms with E-state index in [9.17, 15) is 8.42 Å². The summed E-state index contributed by atoms with van der Waals surface area (Å²) < 4.78 is 33.3. The zero-order valence-electron chi connectivity index (χ0n) is 19.0. The lowest BCUT2D eigenvalue weighted by molar-refractivity contribution is 0.281. The normalized spacial score (nSPS) is 11.9. The monoisotopic (exact) mass is 464 g/mol. The second-order valence-electron chi connectivity index (χ2n) is 8.32. The van der Waals surface area contributed by atoms with Gasteiger partial charge in [0.25, 0.3) is 10.0 Å². The minimum Gasteiger partial charge on any atom is -0.494 e. The van der Waals surface area contributed by atoms with Crippen LogP contribution in [0.1, 0.15) is 12.0 Å². The highest BCUT2D eigenvalue weighted by atomic mass is 32.2. The zero-order valence-corrected chi connectivity index (χ0v) is 19.8. The standard InChI is InChI=1S/C25H28N4O3S/c1-18-5-11-22(12-6-18)33(30,31)29-17-24(26)23-15-20(16-27-25(23)29)19-7-9-21(10-8-19)32-14-4-13-28(2)3/h5-12,15-17H,4,13-14,26H2,1-3H3. The number of pyridine rings is 1. The van der Waals surface area contributed by atoms with Crippen molar-refractivity contribution in [2.24, 2.45) is 0 Å². The molecule has 2 N–H and O–H groups in total. The Kier molecular flexibility index (Phi) is 6.40. The highest BCUT2D eigenvalue weighted by molar-refractivity contribution is 7.90. The molecule has 172 valence electrons. The second kappa shape index (κ2) is 9.25. The fourth-order valence-corrected chi connectivity index (χ4v) is 4.91. The summed E-state index contributed by atoms with van der Waals surface area (Å²) in [6.07, 6.45) is 4.04. The summed E-state index contributed by atoms with van der Waals surface area (Å²) in [6, 6.07) is 16.3. The lowest BCUT2D eigenvalue weighted by Gasteiger charge is -2.11. The summed E-state index contributed by atoms with van der Waals surface area (Å²) in [5.74, 6) is 0.807. The number of ether oxygens (including phenoxy) is 1. The first-order valence-electron chi connectivity index (χ1n) is 10.7. The Morgan fingerprint density at radius 2 is 1.73 bits per heavy atom. The predicted octanol–water partition coefficient (Wildman–Crippen LogP) is 4.16. The smallest absolute Gasteiger partial charge is 0.269 e. The summed E-state index contributed by atoms with van der Waals surface area (Å²) in [6.45, 7) is 3.54.